The molecule has 0 amide bonds. The SMILES string of the molecule is FC(F)(F)c1cccc(C(F)(F)F)c1Oc1ccc2[nH]cc(CC3CCCC3)c2c1. The van der Waals surface area contributed by atoms with Crippen LogP contribution in [-0.4, -0.2) is 4.98 Å². The number of para-hydroxylation sites is 1. The number of benzene rings is 2. The molecule has 1 aliphatic rings. The third-order valence-electron chi connectivity index (χ3n) is 5.57. The van der Waals surface area contributed by atoms with E-state index in [2.05, 4.69) is 4.98 Å². The van der Waals surface area contributed by atoms with Crippen LogP contribution < -0.4 is 4.74 Å². The maximum Gasteiger partial charge on any atom is 0.420 e. The van der Waals surface area contributed by atoms with E-state index in [0.717, 1.165) is 41.8 Å². The quantitative estimate of drug-likeness (QED) is 0.424. The highest BCUT2D eigenvalue weighted by molar-refractivity contribution is 5.84. The van der Waals surface area contributed by atoms with E-state index in [9.17, 15) is 26.3 Å². The molecular formula is C22H19F6NO. The Labute approximate surface area is 168 Å². The zero-order valence-corrected chi connectivity index (χ0v) is 15.8. The van der Waals surface area contributed by atoms with Crippen molar-refractivity contribution in [3.05, 3.63) is 59.3 Å². The van der Waals surface area contributed by atoms with Gasteiger partial charge in [-0.3, -0.25) is 0 Å². The van der Waals surface area contributed by atoms with Gasteiger partial charge in [-0.05, 0) is 48.2 Å². The Kier molecular flexibility index (Phi) is 5.20. The highest BCUT2D eigenvalue weighted by Gasteiger charge is 2.42. The molecule has 0 saturated heterocycles. The largest absolute Gasteiger partial charge is 0.456 e. The van der Waals surface area contributed by atoms with Crippen LogP contribution in [0, 0.1) is 5.92 Å². The first-order valence-electron chi connectivity index (χ1n) is 9.68. The molecule has 0 radical (unpaired) electrons. The fourth-order valence-electron chi connectivity index (χ4n) is 4.13. The Morgan fingerprint density at radius 2 is 1.53 bits per heavy atom. The van der Waals surface area contributed by atoms with Crippen LogP contribution in [0.15, 0.2) is 42.6 Å². The normalized spacial score (nSPS) is 15.8. The van der Waals surface area contributed by atoms with Gasteiger partial charge >= 0.3 is 12.4 Å². The molecule has 0 atom stereocenters. The summed E-state index contributed by atoms with van der Waals surface area (Å²) in [5, 5.41) is 0.748. The predicted molar refractivity (Wildman–Crippen MR) is 100 cm³/mol. The first kappa shape index (κ1) is 20.6. The molecule has 4 rings (SSSR count). The summed E-state index contributed by atoms with van der Waals surface area (Å²) in [4.78, 5) is 3.11. The Morgan fingerprint density at radius 1 is 0.900 bits per heavy atom. The second kappa shape index (κ2) is 7.56. The molecule has 0 bridgehead atoms. The van der Waals surface area contributed by atoms with Crippen molar-refractivity contribution >= 4 is 10.9 Å². The van der Waals surface area contributed by atoms with E-state index in [-0.39, 0.29) is 5.75 Å². The van der Waals surface area contributed by atoms with Gasteiger partial charge in [-0.15, -0.1) is 0 Å². The fourth-order valence-corrected chi connectivity index (χ4v) is 4.13. The lowest BCUT2D eigenvalue weighted by molar-refractivity contribution is -0.144. The molecule has 3 aromatic rings. The smallest absolute Gasteiger partial charge is 0.420 e. The highest BCUT2D eigenvalue weighted by Crippen LogP contribution is 2.46. The molecular weight excluding hydrogens is 408 g/mol. The zero-order valence-electron chi connectivity index (χ0n) is 15.8. The first-order chi connectivity index (χ1) is 14.1. The number of hydrogen-bond acceptors (Lipinski definition) is 1. The van der Waals surface area contributed by atoms with E-state index in [4.69, 9.17) is 4.74 Å². The lowest BCUT2D eigenvalue weighted by Crippen LogP contribution is -2.13. The van der Waals surface area contributed by atoms with E-state index < -0.39 is 29.2 Å². The second-order valence-electron chi connectivity index (χ2n) is 7.66. The summed E-state index contributed by atoms with van der Waals surface area (Å²) < 4.78 is 85.4. The van der Waals surface area contributed by atoms with E-state index in [1.807, 2.05) is 6.20 Å². The van der Waals surface area contributed by atoms with Crippen molar-refractivity contribution < 1.29 is 31.1 Å². The van der Waals surface area contributed by atoms with E-state index in [0.29, 0.717) is 18.1 Å². The topological polar surface area (TPSA) is 25.0 Å². The minimum Gasteiger partial charge on any atom is -0.456 e. The van der Waals surface area contributed by atoms with Crippen molar-refractivity contribution in [1.82, 2.24) is 4.98 Å². The molecule has 2 aromatic carbocycles. The fraction of sp³-hybridized carbons (Fsp3) is 0.364. The van der Waals surface area contributed by atoms with Gasteiger partial charge in [-0.2, -0.15) is 26.3 Å². The summed E-state index contributed by atoms with van der Waals surface area (Å²) in [5.41, 5.74) is -1.17. The van der Waals surface area contributed by atoms with Gasteiger partial charge < -0.3 is 9.72 Å². The Bertz CT molecular complexity index is 1010. The number of nitrogens with one attached hydrogen (secondary N) is 1. The molecule has 0 spiro atoms. The summed E-state index contributed by atoms with van der Waals surface area (Å²) in [6, 6.07) is 6.38. The lowest BCUT2D eigenvalue weighted by Gasteiger charge is -2.19. The molecule has 0 aliphatic heterocycles. The summed E-state index contributed by atoms with van der Waals surface area (Å²) in [7, 11) is 0. The van der Waals surface area contributed by atoms with Crippen molar-refractivity contribution in [3.63, 3.8) is 0 Å². The van der Waals surface area contributed by atoms with Crippen molar-refractivity contribution in [2.75, 3.05) is 0 Å². The van der Waals surface area contributed by atoms with Gasteiger partial charge in [-0.25, -0.2) is 0 Å². The summed E-state index contributed by atoms with van der Waals surface area (Å²) >= 11 is 0. The van der Waals surface area contributed by atoms with Crippen molar-refractivity contribution in [2.24, 2.45) is 5.92 Å². The van der Waals surface area contributed by atoms with Crippen LogP contribution in [0.3, 0.4) is 0 Å². The molecule has 1 heterocycles. The molecule has 8 heteroatoms. The number of aromatic nitrogens is 1. The number of H-pyrrole nitrogens is 1. The van der Waals surface area contributed by atoms with Crippen molar-refractivity contribution in [2.45, 2.75) is 44.5 Å². The molecule has 1 fully saturated rings. The van der Waals surface area contributed by atoms with Crippen LogP contribution in [0.25, 0.3) is 10.9 Å². The van der Waals surface area contributed by atoms with Gasteiger partial charge in [0.2, 0.25) is 0 Å². The zero-order chi connectivity index (χ0) is 21.5. The predicted octanol–water partition coefficient (Wildman–Crippen LogP) is 7.73. The molecule has 1 N–H and O–H groups in total. The Hall–Kier alpha value is -2.64. The number of hydrogen-bond donors (Lipinski definition) is 1. The molecule has 2 nitrogen and oxygen atoms in total. The molecule has 1 saturated carbocycles. The monoisotopic (exact) mass is 427 g/mol. The minimum absolute atomic E-state index is 0.0722. The van der Waals surface area contributed by atoms with Gasteiger partial charge in [0.25, 0.3) is 0 Å². The van der Waals surface area contributed by atoms with Gasteiger partial charge in [0.05, 0.1) is 11.1 Å². The highest BCUT2D eigenvalue weighted by atomic mass is 19.4. The van der Waals surface area contributed by atoms with E-state index >= 15 is 0 Å². The molecule has 0 unspecified atom stereocenters. The first-order valence-corrected chi connectivity index (χ1v) is 9.68. The standard InChI is InChI=1S/C22H19F6NO/c23-21(24,25)17-6-3-7-18(22(26,27)28)20(17)30-15-8-9-19-16(11-15)14(12-29-19)10-13-4-1-2-5-13/h3,6-9,11-13,29H,1-2,4-5,10H2. The number of ether oxygens (including phenoxy) is 1. The number of alkyl halides is 6. The van der Waals surface area contributed by atoms with Gasteiger partial charge in [0.1, 0.15) is 5.75 Å². The number of rotatable bonds is 4. The van der Waals surface area contributed by atoms with Crippen LogP contribution >= 0.6 is 0 Å². The maximum atomic E-state index is 13.4. The van der Waals surface area contributed by atoms with Crippen molar-refractivity contribution in [1.29, 1.82) is 0 Å². The Morgan fingerprint density at radius 3 is 2.13 bits per heavy atom. The third-order valence-corrected chi connectivity index (χ3v) is 5.57. The summed E-state index contributed by atoms with van der Waals surface area (Å²) in [6.45, 7) is 0. The van der Waals surface area contributed by atoms with Crippen LogP contribution in [0.1, 0.15) is 42.4 Å². The molecule has 160 valence electrons. The van der Waals surface area contributed by atoms with Gasteiger partial charge in [0, 0.05) is 17.1 Å². The minimum atomic E-state index is -4.98. The number of aromatic amines is 1. The Balaban J connectivity index is 1.73. The average Bonchev–Trinajstić information content (AvgIpc) is 3.31. The molecule has 1 aromatic heterocycles. The van der Waals surface area contributed by atoms with Crippen LogP contribution in [0.2, 0.25) is 0 Å². The van der Waals surface area contributed by atoms with Crippen LogP contribution in [-0.2, 0) is 18.8 Å². The van der Waals surface area contributed by atoms with E-state index in [1.165, 1.54) is 25.0 Å². The van der Waals surface area contributed by atoms with Gasteiger partial charge in [0.15, 0.2) is 5.75 Å². The molecule has 30 heavy (non-hydrogen) atoms. The number of fused-ring (bicyclic) bond motifs is 1. The summed E-state index contributed by atoms with van der Waals surface area (Å²) in [6.07, 6.45) is -2.71. The molecule has 1 aliphatic carbocycles. The maximum absolute atomic E-state index is 13.4. The van der Waals surface area contributed by atoms with Crippen LogP contribution in [0.5, 0.6) is 11.5 Å². The summed E-state index contributed by atoms with van der Waals surface area (Å²) in [5.74, 6) is -0.766. The average molecular weight is 427 g/mol. The number of halogens is 6. The van der Waals surface area contributed by atoms with Gasteiger partial charge in [-0.1, -0.05) is 31.7 Å². The third kappa shape index (κ3) is 4.13. The van der Waals surface area contributed by atoms with Crippen molar-refractivity contribution in [3.8, 4) is 11.5 Å². The lowest BCUT2D eigenvalue weighted by atomic mass is 9.97. The van der Waals surface area contributed by atoms with Crippen LogP contribution in [0.4, 0.5) is 26.3 Å². The second-order valence-corrected chi connectivity index (χ2v) is 7.66. The van der Waals surface area contributed by atoms with E-state index in [1.54, 1.807) is 6.07 Å².